The predicted octanol–water partition coefficient (Wildman–Crippen LogP) is 2.70. The van der Waals surface area contributed by atoms with Gasteiger partial charge in [-0.15, -0.1) is 11.3 Å². The monoisotopic (exact) mass is 339 g/mol. The molecule has 7 heteroatoms. The molecule has 0 N–H and O–H groups in total. The quantitative estimate of drug-likeness (QED) is 0.790. The summed E-state index contributed by atoms with van der Waals surface area (Å²) in [6, 6.07) is 4.21. The third kappa shape index (κ3) is 3.14. The summed E-state index contributed by atoms with van der Waals surface area (Å²) < 4.78 is 43.3. The van der Waals surface area contributed by atoms with Crippen LogP contribution in [-0.2, 0) is 10.9 Å². The zero-order chi connectivity index (χ0) is 16.6. The first-order chi connectivity index (χ1) is 10.9. The number of halogens is 3. The molecule has 0 spiro atoms. The number of fused-ring (bicyclic) bond motifs is 1. The number of thiophene rings is 1. The second-order valence-corrected chi connectivity index (χ2v) is 6.19. The largest absolute Gasteiger partial charge is 0.465 e. The summed E-state index contributed by atoms with van der Waals surface area (Å²) in [5, 5.41) is 0.950. The number of carbonyl (C=O) groups is 1. The fourth-order valence-corrected chi connectivity index (χ4v) is 3.52. The van der Waals surface area contributed by atoms with Crippen molar-refractivity contribution in [2.75, 3.05) is 7.11 Å². The van der Waals surface area contributed by atoms with Crippen LogP contribution in [0.3, 0.4) is 0 Å². The Morgan fingerprint density at radius 3 is 2.78 bits per heavy atom. The van der Waals surface area contributed by atoms with Crippen LogP contribution >= 0.6 is 11.3 Å². The third-order valence-corrected chi connectivity index (χ3v) is 4.72. The zero-order valence-corrected chi connectivity index (χ0v) is 12.9. The van der Waals surface area contributed by atoms with Crippen molar-refractivity contribution in [2.45, 2.75) is 18.5 Å². The predicted molar refractivity (Wildman–Crippen MR) is 80.4 cm³/mol. The molecule has 0 saturated carbocycles. The number of alkyl halides is 3. The summed E-state index contributed by atoms with van der Waals surface area (Å²) >= 11 is 1.31. The number of methoxy groups -OCH3 is 1. The van der Waals surface area contributed by atoms with Gasteiger partial charge < -0.3 is 4.74 Å². The summed E-state index contributed by atoms with van der Waals surface area (Å²) in [5.41, 5.74) is -0.182. The number of esters is 1. The van der Waals surface area contributed by atoms with Gasteiger partial charge in [-0.2, -0.15) is 13.2 Å². The Morgan fingerprint density at radius 1 is 1.39 bits per heavy atom. The van der Waals surface area contributed by atoms with Crippen LogP contribution in [0.25, 0.3) is 12.2 Å². The standard InChI is InChI=1S/C16H12F3NO2S/c1-22-15(21)13-7-10-3-2-9(6-12(10)23-13)11-4-5-14(20-8-11)16(17,18)19/h3-9H,2H2,1H3. The fraction of sp³-hybridized carbons (Fsp3) is 0.250. The number of hydrogen-bond donors (Lipinski definition) is 0. The topological polar surface area (TPSA) is 39.2 Å². The Bertz CT molecular complexity index is 853. The lowest BCUT2D eigenvalue weighted by atomic mass is 9.94. The van der Waals surface area contributed by atoms with Gasteiger partial charge in [0.05, 0.1) is 7.11 Å². The molecule has 1 aliphatic carbocycles. The number of aromatic nitrogens is 1. The van der Waals surface area contributed by atoms with Gasteiger partial charge in [0.15, 0.2) is 0 Å². The lowest BCUT2D eigenvalue weighted by Crippen LogP contribution is -2.23. The van der Waals surface area contributed by atoms with E-state index in [4.69, 9.17) is 4.74 Å². The minimum Gasteiger partial charge on any atom is -0.465 e. The molecule has 2 aromatic heterocycles. The van der Waals surface area contributed by atoms with Crippen LogP contribution in [0.5, 0.6) is 0 Å². The highest BCUT2D eigenvalue weighted by atomic mass is 32.1. The van der Waals surface area contributed by atoms with Crippen LogP contribution in [0.1, 0.15) is 33.3 Å². The van der Waals surface area contributed by atoms with Crippen molar-refractivity contribution < 1.29 is 22.7 Å². The van der Waals surface area contributed by atoms with Crippen LogP contribution in [0, 0.1) is 0 Å². The SMILES string of the molecule is COC(=O)c1cc2c(s1)=CC(c1ccc(C(F)(F)F)nc1)CC=2. The van der Waals surface area contributed by atoms with Crippen molar-refractivity contribution in [1.29, 1.82) is 0 Å². The first-order valence-electron chi connectivity index (χ1n) is 6.82. The lowest BCUT2D eigenvalue weighted by Gasteiger charge is -2.14. The van der Waals surface area contributed by atoms with E-state index in [1.165, 1.54) is 30.7 Å². The highest BCUT2D eigenvalue weighted by molar-refractivity contribution is 7.11. The molecule has 0 fully saturated rings. The minimum atomic E-state index is -4.43. The van der Waals surface area contributed by atoms with E-state index in [-0.39, 0.29) is 11.9 Å². The number of pyridine rings is 1. The van der Waals surface area contributed by atoms with Gasteiger partial charge in [0.2, 0.25) is 0 Å². The number of ether oxygens (including phenoxy) is 1. The molecular formula is C16H12F3NO2S. The van der Waals surface area contributed by atoms with E-state index in [1.54, 1.807) is 6.07 Å². The van der Waals surface area contributed by atoms with E-state index in [0.717, 1.165) is 15.8 Å². The molecule has 120 valence electrons. The van der Waals surface area contributed by atoms with Crippen molar-refractivity contribution in [3.05, 3.63) is 50.3 Å². The van der Waals surface area contributed by atoms with Crippen LogP contribution in [0.4, 0.5) is 13.2 Å². The number of rotatable bonds is 2. The van der Waals surface area contributed by atoms with Gasteiger partial charge in [0, 0.05) is 16.6 Å². The maximum atomic E-state index is 12.6. The number of hydrogen-bond acceptors (Lipinski definition) is 4. The highest BCUT2D eigenvalue weighted by Crippen LogP contribution is 2.29. The molecule has 0 amide bonds. The van der Waals surface area contributed by atoms with Crippen molar-refractivity contribution in [2.24, 2.45) is 0 Å². The fourth-order valence-electron chi connectivity index (χ4n) is 2.44. The lowest BCUT2D eigenvalue weighted by molar-refractivity contribution is -0.141. The Labute approximate surface area is 133 Å². The Kier molecular flexibility index (Phi) is 3.97. The van der Waals surface area contributed by atoms with Crippen molar-refractivity contribution >= 4 is 29.5 Å². The molecule has 3 rings (SSSR count). The molecule has 0 radical (unpaired) electrons. The van der Waals surface area contributed by atoms with Crippen molar-refractivity contribution in [3.63, 3.8) is 0 Å². The summed E-state index contributed by atoms with van der Waals surface area (Å²) in [6.07, 6.45) is 1.41. The van der Waals surface area contributed by atoms with Gasteiger partial charge in [-0.05, 0) is 29.3 Å². The van der Waals surface area contributed by atoms with Crippen molar-refractivity contribution in [1.82, 2.24) is 4.98 Å². The van der Waals surface area contributed by atoms with Crippen LogP contribution in [0.2, 0.25) is 0 Å². The van der Waals surface area contributed by atoms with E-state index < -0.39 is 11.9 Å². The molecule has 1 unspecified atom stereocenters. The Morgan fingerprint density at radius 2 is 2.17 bits per heavy atom. The normalized spacial score (nSPS) is 17.0. The first-order valence-corrected chi connectivity index (χ1v) is 7.63. The highest BCUT2D eigenvalue weighted by Gasteiger charge is 2.32. The molecule has 1 atom stereocenters. The van der Waals surface area contributed by atoms with Crippen LogP contribution in [0.15, 0.2) is 24.4 Å². The average molecular weight is 339 g/mol. The first kappa shape index (κ1) is 15.7. The molecule has 0 saturated heterocycles. The summed E-state index contributed by atoms with van der Waals surface area (Å²) in [6.45, 7) is 0. The molecular weight excluding hydrogens is 327 g/mol. The second-order valence-electron chi connectivity index (χ2n) is 5.11. The molecule has 3 nitrogen and oxygen atoms in total. The zero-order valence-electron chi connectivity index (χ0n) is 12.1. The second kappa shape index (κ2) is 5.81. The smallest absolute Gasteiger partial charge is 0.433 e. The summed E-state index contributed by atoms with van der Waals surface area (Å²) in [5.74, 6) is -0.444. The molecule has 0 aliphatic heterocycles. The Balaban J connectivity index is 1.91. The van der Waals surface area contributed by atoms with Gasteiger partial charge in [-0.1, -0.05) is 18.2 Å². The molecule has 2 aromatic rings. The summed E-state index contributed by atoms with van der Waals surface area (Å²) in [4.78, 5) is 15.6. The molecule has 1 aliphatic rings. The van der Waals surface area contributed by atoms with E-state index in [9.17, 15) is 18.0 Å². The maximum Gasteiger partial charge on any atom is 0.433 e. The number of nitrogens with zero attached hydrogens (tertiary/aromatic N) is 1. The van der Waals surface area contributed by atoms with E-state index >= 15 is 0 Å². The summed E-state index contributed by atoms with van der Waals surface area (Å²) in [7, 11) is 1.32. The molecule has 0 aromatic carbocycles. The van der Waals surface area contributed by atoms with Crippen LogP contribution in [-0.4, -0.2) is 18.1 Å². The van der Waals surface area contributed by atoms with E-state index in [0.29, 0.717) is 16.9 Å². The minimum absolute atomic E-state index is 0.0542. The van der Waals surface area contributed by atoms with Gasteiger partial charge >= 0.3 is 12.1 Å². The third-order valence-electron chi connectivity index (χ3n) is 3.63. The van der Waals surface area contributed by atoms with Gasteiger partial charge in [-0.3, -0.25) is 4.98 Å². The maximum absolute atomic E-state index is 12.6. The molecule has 2 heterocycles. The van der Waals surface area contributed by atoms with Gasteiger partial charge in [0.1, 0.15) is 10.6 Å². The van der Waals surface area contributed by atoms with Gasteiger partial charge in [-0.25, -0.2) is 4.79 Å². The molecule has 23 heavy (non-hydrogen) atoms. The molecule has 0 bridgehead atoms. The van der Waals surface area contributed by atoms with Crippen molar-refractivity contribution in [3.8, 4) is 0 Å². The van der Waals surface area contributed by atoms with Crippen LogP contribution < -0.4 is 9.75 Å². The number of carbonyl (C=O) groups excluding carboxylic acids is 1. The Hall–Kier alpha value is -2.15. The van der Waals surface area contributed by atoms with Gasteiger partial charge in [0.25, 0.3) is 0 Å². The average Bonchev–Trinajstić information content (AvgIpc) is 2.96. The van der Waals surface area contributed by atoms with E-state index in [2.05, 4.69) is 4.98 Å². The van der Waals surface area contributed by atoms with E-state index in [1.807, 2.05) is 12.2 Å².